The summed E-state index contributed by atoms with van der Waals surface area (Å²) in [7, 11) is 0. The number of thiophene rings is 1. The van der Waals surface area contributed by atoms with Gasteiger partial charge in [0.25, 0.3) is 5.91 Å². The smallest absolute Gasteiger partial charge is 0.346 e. The number of rotatable bonds is 3. The van der Waals surface area contributed by atoms with Gasteiger partial charge < -0.3 is 9.72 Å². The molecule has 1 amide bonds. The van der Waals surface area contributed by atoms with E-state index in [4.69, 9.17) is 0 Å². The van der Waals surface area contributed by atoms with Crippen LogP contribution in [0.4, 0.5) is 26.3 Å². The van der Waals surface area contributed by atoms with Gasteiger partial charge >= 0.3 is 12.4 Å². The van der Waals surface area contributed by atoms with Crippen molar-refractivity contribution < 1.29 is 31.1 Å². The van der Waals surface area contributed by atoms with Gasteiger partial charge in [0.05, 0.1) is 17.7 Å². The monoisotopic (exact) mass is 393 g/mol. The second-order valence-corrected chi connectivity index (χ2v) is 6.29. The van der Waals surface area contributed by atoms with Crippen molar-refractivity contribution in [1.82, 2.24) is 14.7 Å². The molecule has 3 rings (SSSR count). The molecule has 0 saturated heterocycles. The minimum atomic E-state index is -5.06. The summed E-state index contributed by atoms with van der Waals surface area (Å²) in [5.41, 5.74) is -4.23. The number of alkyl halides is 6. The average Bonchev–Trinajstić information content (AvgIpc) is 3.18. The number of pyridine rings is 1. The number of amides is 1. The van der Waals surface area contributed by atoms with Gasteiger partial charge in [-0.3, -0.25) is 4.79 Å². The summed E-state index contributed by atoms with van der Waals surface area (Å²) in [6.45, 7) is 0.129. The molecular formula is C15H9F6N3OS. The van der Waals surface area contributed by atoms with Crippen molar-refractivity contribution in [1.29, 1.82) is 0 Å². The van der Waals surface area contributed by atoms with Crippen LogP contribution in [-0.4, -0.2) is 15.3 Å². The maximum Gasteiger partial charge on any atom is 0.419 e. The minimum absolute atomic E-state index is 0.0182. The quantitative estimate of drug-likeness (QED) is 0.672. The normalized spacial score (nSPS) is 12.5. The first-order valence-electron chi connectivity index (χ1n) is 7.03. The Morgan fingerprint density at radius 1 is 1.15 bits per heavy atom. The van der Waals surface area contributed by atoms with E-state index >= 15 is 0 Å². The molecule has 0 spiro atoms. The lowest BCUT2D eigenvalue weighted by atomic mass is 10.2. The fourth-order valence-electron chi connectivity index (χ4n) is 2.24. The number of hydrogen-bond donors (Lipinski definition) is 1. The summed E-state index contributed by atoms with van der Waals surface area (Å²) in [4.78, 5) is 16.4. The van der Waals surface area contributed by atoms with Gasteiger partial charge in [-0.25, -0.2) is 4.98 Å². The standard InChI is InChI=1S/C15H9F6N3OS/c16-14(17,18)8-4-10(15(19,20)21)12-23-11(7-24(12)6-8)13(25)22-5-9-2-1-3-26-9/h1-4,6-7H,5H2,(H,22,25). The van der Waals surface area contributed by atoms with Crippen LogP contribution in [0.3, 0.4) is 0 Å². The van der Waals surface area contributed by atoms with Crippen molar-refractivity contribution in [3.8, 4) is 0 Å². The molecule has 0 saturated carbocycles. The summed E-state index contributed by atoms with van der Waals surface area (Å²) in [5, 5.41) is 4.24. The molecular weight excluding hydrogens is 384 g/mol. The third-order valence-corrected chi connectivity index (χ3v) is 4.30. The number of aromatic nitrogens is 2. The van der Waals surface area contributed by atoms with E-state index in [1.807, 2.05) is 0 Å². The number of hydrogen-bond acceptors (Lipinski definition) is 3. The maximum atomic E-state index is 13.1. The molecule has 0 aromatic carbocycles. The lowest BCUT2D eigenvalue weighted by molar-refractivity contribution is -0.142. The third-order valence-electron chi connectivity index (χ3n) is 3.42. The van der Waals surface area contributed by atoms with Crippen LogP contribution in [0.1, 0.15) is 26.5 Å². The topological polar surface area (TPSA) is 46.4 Å². The summed E-state index contributed by atoms with van der Waals surface area (Å²) in [6, 6.07) is 3.48. The molecule has 0 aliphatic heterocycles. The Morgan fingerprint density at radius 2 is 1.88 bits per heavy atom. The molecule has 0 aliphatic rings. The molecule has 3 aromatic rings. The highest BCUT2D eigenvalue weighted by molar-refractivity contribution is 7.09. The first kappa shape index (κ1) is 18.2. The zero-order chi connectivity index (χ0) is 19.1. The van der Waals surface area contributed by atoms with Gasteiger partial charge in [-0.1, -0.05) is 6.07 Å². The number of halogens is 6. The number of imidazole rings is 1. The Hall–Kier alpha value is -2.56. The Bertz CT molecular complexity index is 943. The fraction of sp³-hybridized carbons (Fsp3) is 0.200. The van der Waals surface area contributed by atoms with Crippen molar-refractivity contribution in [2.45, 2.75) is 18.9 Å². The number of carbonyl (C=O) groups is 1. The molecule has 0 aliphatic carbocycles. The second kappa shape index (κ2) is 6.31. The molecule has 3 heterocycles. The Kier molecular flexibility index (Phi) is 4.42. The van der Waals surface area contributed by atoms with Crippen molar-refractivity contribution in [2.24, 2.45) is 0 Å². The van der Waals surface area contributed by atoms with Gasteiger partial charge in [0.2, 0.25) is 0 Å². The van der Waals surface area contributed by atoms with Crippen molar-refractivity contribution in [3.63, 3.8) is 0 Å². The lowest BCUT2D eigenvalue weighted by Gasteiger charge is -2.12. The summed E-state index contributed by atoms with van der Waals surface area (Å²) in [5.74, 6) is -0.788. The van der Waals surface area contributed by atoms with E-state index in [0.29, 0.717) is 10.6 Å². The van der Waals surface area contributed by atoms with Crippen molar-refractivity contribution in [2.75, 3.05) is 0 Å². The molecule has 0 fully saturated rings. The van der Waals surface area contributed by atoms with Crippen LogP contribution in [0.2, 0.25) is 0 Å². The first-order valence-corrected chi connectivity index (χ1v) is 7.91. The van der Waals surface area contributed by atoms with Crippen LogP contribution in [-0.2, 0) is 18.9 Å². The van der Waals surface area contributed by atoms with E-state index in [1.54, 1.807) is 17.5 Å². The van der Waals surface area contributed by atoms with Crippen molar-refractivity contribution in [3.05, 3.63) is 57.7 Å². The molecule has 138 valence electrons. The van der Waals surface area contributed by atoms with Crippen LogP contribution in [0.25, 0.3) is 5.65 Å². The predicted octanol–water partition coefficient (Wildman–Crippen LogP) is 4.36. The maximum absolute atomic E-state index is 13.1. The summed E-state index contributed by atoms with van der Waals surface area (Å²) < 4.78 is 78.4. The second-order valence-electron chi connectivity index (χ2n) is 5.26. The van der Waals surface area contributed by atoms with Crippen LogP contribution in [0.15, 0.2) is 36.0 Å². The van der Waals surface area contributed by atoms with Gasteiger partial charge in [-0.15, -0.1) is 11.3 Å². The van der Waals surface area contributed by atoms with Crippen molar-refractivity contribution >= 4 is 22.9 Å². The molecule has 11 heteroatoms. The van der Waals surface area contributed by atoms with E-state index in [1.165, 1.54) is 11.3 Å². The highest BCUT2D eigenvalue weighted by Gasteiger charge is 2.39. The number of carbonyl (C=O) groups excluding carboxylic acids is 1. The van der Waals surface area contributed by atoms with Crippen LogP contribution in [0.5, 0.6) is 0 Å². The molecule has 0 unspecified atom stereocenters. The molecule has 3 aromatic heterocycles. The van der Waals surface area contributed by atoms with Gasteiger partial charge in [0.15, 0.2) is 0 Å². The van der Waals surface area contributed by atoms with E-state index in [0.717, 1.165) is 11.1 Å². The zero-order valence-corrected chi connectivity index (χ0v) is 13.5. The summed E-state index contributed by atoms with van der Waals surface area (Å²) in [6.07, 6.45) is -8.73. The van der Waals surface area contributed by atoms with Crippen LogP contribution >= 0.6 is 11.3 Å². The SMILES string of the molecule is O=C(NCc1cccs1)c1cn2cc(C(F)(F)F)cc(C(F)(F)F)c2n1. The number of nitrogens with zero attached hydrogens (tertiary/aromatic N) is 2. The highest BCUT2D eigenvalue weighted by Crippen LogP contribution is 2.37. The van der Waals surface area contributed by atoms with Gasteiger partial charge in [0.1, 0.15) is 11.3 Å². The van der Waals surface area contributed by atoms with Gasteiger partial charge in [-0.2, -0.15) is 26.3 Å². The van der Waals surface area contributed by atoms with Gasteiger partial charge in [-0.05, 0) is 17.5 Å². The Labute approximate surface area is 146 Å². The minimum Gasteiger partial charge on any atom is -0.346 e. The van der Waals surface area contributed by atoms with E-state index in [9.17, 15) is 31.1 Å². The molecule has 0 atom stereocenters. The highest BCUT2D eigenvalue weighted by atomic mass is 32.1. The Balaban J connectivity index is 2.00. The lowest BCUT2D eigenvalue weighted by Crippen LogP contribution is -2.22. The zero-order valence-electron chi connectivity index (χ0n) is 12.6. The molecule has 0 bridgehead atoms. The molecule has 4 nitrogen and oxygen atoms in total. The predicted molar refractivity (Wildman–Crippen MR) is 80.7 cm³/mol. The number of fused-ring (bicyclic) bond motifs is 1. The largest absolute Gasteiger partial charge is 0.419 e. The molecule has 1 N–H and O–H groups in total. The molecule has 0 radical (unpaired) electrons. The summed E-state index contributed by atoms with van der Waals surface area (Å²) >= 11 is 1.36. The average molecular weight is 393 g/mol. The van der Waals surface area contributed by atoms with Crippen LogP contribution < -0.4 is 5.32 Å². The van der Waals surface area contributed by atoms with E-state index < -0.39 is 40.7 Å². The first-order chi connectivity index (χ1) is 12.1. The van der Waals surface area contributed by atoms with Crippen LogP contribution in [0, 0.1) is 0 Å². The fourth-order valence-corrected chi connectivity index (χ4v) is 2.89. The third kappa shape index (κ3) is 3.66. The number of nitrogens with one attached hydrogen (secondary N) is 1. The van der Waals surface area contributed by atoms with E-state index in [-0.39, 0.29) is 12.6 Å². The Morgan fingerprint density at radius 3 is 2.46 bits per heavy atom. The molecule has 26 heavy (non-hydrogen) atoms. The van der Waals surface area contributed by atoms with E-state index in [2.05, 4.69) is 10.3 Å². The van der Waals surface area contributed by atoms with Gasteiger partial charge in [0, 0.05) is 17.3 Å².